The van der Waals surface area contributed by atoms with Crippen LogP contribution in [0.25, 0.3) is 23.0 Å². The van der Waals surface area contributed by atoms with Crippen LogP contribution in [0.1, 0.15) is 64.0 Å². The van der Waals surface area contributed by atoms with E-state index in [0.29, 0.717) is 29.3 Å². The number of thioether (sulfide) groups is 1. The van der Waals surface area contributed by atoms with Crippen LogP contribution in [0.2, 0.25) is 0 Å². The van der Waals surface area contributed by atoms with Crippen LogP contribution in [0.3, 0.4) is 0 Å². The van der Waals surface area contributed by atoms with Crippen LogP contribution in [-0.4, -0.2) is 25.0 Å². The van der Waals surface area contributed by atoms with Crippen molar-refractivity contribution in [3.8, 4) is 23.0 Å². The number of aromatic nitrogens is 5. The summed E-state index contributed by atoms with van der Waals surface area (Å²) in [7, 11) is 0. The maximum Gasteiger partial charge on any atom is 0.283 e. The van der Waals surface area contributed by atoms with Gasteiger partial charge in [0.05, 0.1) is 12.0 Å². The summed E-state index contributed by atoms with van der Waals surface area (Å²) in [6.07, 6.45) is 6.38. The van der Waals surface area contributed by atoms with E-state index in [1.807, 2.05) is 0 Å². The highest BCUT2D eigenvalue weighted by Gasteiger charge is 2.26. The van der Waals surface area contributed by atoms with E-state index in [-0.39, 0.29) is 5.41 Å². The summed E-state index contributed by atoms with van der Waals surface area (Å²) in [5.74, 6) is 2.97. The summed E-state index contributed by atoms with van der Waals surface area (Å²) < 4.78 is 13.4. The van der Waals surface area contributed by atoms with E-state index in [2.05, 4.69) is 70.0 Å². The molecule has 3 heterocycles. The van der Waals surface area contributed by atoms with E-state index in [0.717, 1.165) is 29.4 Å². The molecular weight excluding hydrogens is 422 g/mol. The molecule has 1 aliphatic carbocycles. The first-order chi connectivity index (χ1) is 15.5. The molecule has 0 spiro atoms. The molecule has 0 amide bonds. The summed E-state index contributed by atoms with van der Waals surface area (Å²) >= 11 is 1.58. The number of rotatable bonds is 6. The van der Waals surface area contributed by atoms with Gasteiger partial charge in [-0.2, -0.15) is 0 Å². The predicted octanol–water partition coefficient (Wildman–Crippen LogP) is 6.29. The first kappa shape index (κ1) is 21.0. The van der Waals surface area contributed by atoms with Crippen LogP contribution in [0, 0.1) is 0 Å². The summed E-state index contributed by atoms with van der Waals surface area (Å²) in [4.78, 5) is 0. The Morgan fingerprint density at radius 3 is 2.47 bits per heavy atom. The summed E-state index contributed by atoms with van der Waals surface area (Å²) in [6, 6.07) is 12.8. The normalized spacial score (nSPS) is 15.0. The first-order valence-corrected chi connectivity index (χ1v) is 12.0. The molecule has 32 heavy (non-hydrogen) atoms. The fourth-order valence-corrected chi connectivity index (χ4v) is 4.96. The zero-order chi connectivity index (χ0) is 22.1. The van der Waals surface area contributed by atoms with Crippen molar-refractivity contribution in [3.05, 3.63) is 54.1 Å². The van der Waals surface area contributed by atoms with Crippen molar-refractivity contribution in [2.24, 2.45) is 0 Å². The molecule has 0 N–H and O–H groups in total. The van der Waals surface area contributed by atoms with Crippen molar-refractivity contribution in [2.75, 3.05) is 0 Å². The van der Waals surface area contributed by atoms with E-state index >= 15 is 0 Å². The standard InChI is InChI=1S/C24H27N5O2S/c1-24(2,3)17-12-10-16(11-13-17)21-26-28-23(29(21)18-7-4-5-8-18)32-15-20-25-27-22(31-20)19-9-6-14-30-19/h6,9-14,18H,4-5,7-8,15H2,1-3H3. The van der Waals surface area contributed by atoms with E-state index < -0.39 is 0 Å². The molecule has 1 aliphatic rings. The largest absolute Gasteiger partial charge is 0.459 e. The maximum atomic E-state index is 5.76. The molecule has 3 aromatic heterocycles. The second-order valence-electron chi connectivity index (χ2n) is 9.21. The molecule has 0 radical (unpaired) electrons. The topological polar surface area (TPSA) is 82.8 Å². The number of hydrogen-bond donors (Lipinski definition) is 0. The zero-order valence-electron chi connectivity index (χ0n) is 18.6. The molecular formula is C24H27N5O2S. The van der Waals surface area contributed by atoms with Gasteiger partial charge in [-0.3, -0.25) is 4.57 Å². The fraction of sp³-hybridized carbons (Fsp3) is 0.417. The number of furan rings is 1. The van der Waals surface area contributed by atoms with Crippen LogP contribution < -0.4 is 0 Å². The minimum absolute atomic E-state index is 0.122. The van der Waals surface area contributed by atoms with Crippen LogP contribution in [0.15, 0.2) is 56.7 Å². The lowest BCUT2D eigenvalue weighted by atomic mass is 9.86. The van der Waals surface area contributed by atoms with Crippen LogP contribution in [-0.2, 0) is 11.2 Å². The van der Waals surface area contributed by atoms with Gasteiger partial charge >= 0.3 is 0 Å². The Balaban J connectivity index is 1.40. The third-order valence-corrected chi connectivity index (χ3v) is 6.81. The van der Waals surface area contributed by atoms with Gasteiger partial charge in [0.15, 0.2) is 16.7 Å². The monoisotopic (exact) mass is 449 g/mol. The Kier molecular flexibility index (Phi) is 5.63. The molecule has 0 saturated heterocycles. The lowest BCUT2D eigenvalue weighted by Crippen LogP contribution is -2.11. The Labute approximate surface area is 191 Å². The van der Waals surface area contributed by atoms with Crippen molar-refractivity contribution < 1.29 is 8.83 Å². The van der Waals surface area contributed by atoms with Gasteiger partial charge < -0.3 is 8.83 Å². The number of benzene rings is 1. The van der Waals surface area contributed by atoms with Gasteiger partial charge in [-0.05, 0) is 36.0 Å². The van der Waals surface area contributed by atoms with Gasteiger partial charge in [-0.25, -0.2) is 0 Å². The Morgan fingerprint density at radius 2 is 1.78 bits per heavy atom. The van der Waals surface area contributed by atoms with Crippen molar-refractivity contribution in [2.45, 2.75) is 68.8 Å². The molecule has 0 unspecified atom stereocenters. The van der Waals surface area contributed by atoms with Crippen molar-refractivity contribution in [1.29, 1.82) is 0 Å². The molecule has 1 aromatic carbocycles. The Morgan fingerprint density at radius 1 is 1.00 bits per heavy atom. The lowest BCUT2D eigenvalue weighted by molar-refractivity contribution is 0.483. The molecule has 0 bridgehead atoms. The van der Waals surface area contributed by atoms with Gasteiger partial charge in [-0.15, -0.1) is 20.4 Å². The van der Waals surface area contributed by atoms with E-state index in [9.17, 15) is 0 Å². The summed E-state index contributed by atoms with van der Waals surface area (Å²) in [6.45, 7) is 6.69. The summed E-state index contributed by atoms with van der Waals surface area (Å²) in [5.41, 5.74) is 2.53. The maximum absolute atomic E-state index is 5.76. The SMILES string of the molecule is CC(C)(C)c1ccc(-c2nnc(SCc3nnc(-c4ccco4)o3)n2C2CCCC2)cc1. The Hall–Kier alpha value is -2.87. The van der Waals surface area contributed by atoms with Crippen LogP contribution >= 0.6 is 11.8 Å². The highest BCUT2D eigenvalue weighted by Crippen LogP contribution is 2.37. The molecule has 8 heteroatoms. The molecule has 166 valence electrons. The third-order valence-electron chi connectivity index (χ3n) is 5.89. The molecule has 1 fully saturated rings. The first-order valence-electron chi connectivity index (χ1n) is 11.0. The molecule has 1 saturated carbocycles. The second kappa shape index (κ2) is 8.58. The predicted molar refractivity (Wildman–Crippen MR) is 123 cm³/mol. The molecule has 0 aliphatic heterocycles. The van der Waals surface area contributed by atoms with Gasteiger partial charge in [0.25, 0.3) is 5.89 Å². The van der Waals surface area contributed by atoms with Gasteiger partial charge in [-0.1, -0.05) is 69.6 Å². The van der Waals surface area contributed by atoms with Gasteiger partial charge in [0.2, 0.25) is 5.89 Å². The van der Waals surface area contributed by atoms with Crippen molar-refractivity contribution in [1.82, 2.24) is 25.0 Å². The van der Waals surface area contributed by atoms with Crippen molar-refractivity contribution in [3.63, 3.8) is 0 Å². The molecule has 7 nitrogen and oxygen atoms in total. The highest BCUT2D eigenvalue weighted by molar-refractivity contribution is 7.98. The molecule has 0 atom stereocenters. The highest BCUT2D eigenvalue weighted by atomic mass is 32.2. The quantitative estimate of drug-likeness (QED) is 0.320. The second-order valence-corrected chi connectivity index (χ2v) is 10.2. The van der Waals surface area contributed by atoms with Crippen LogP contribution in [0.5, 0.6) is 0 Å². The minimum atomic E-state index is 0.122. The average Bonchev–Trinajstić information content (AvgIpc) is 3.58. The molecule has 4 aromatic rings. The average molecular weight is 450 g/mol. The number of hydrogen-bond acceptors (Lipinski definition) is 7. The van der Waals surface area contributed by atoms with E-state index in [1.54, 1.807) is 30.2 Å². The minimum Gasteiger partial charge on any atom is -0.459 e. The van der Waals surface area contributed by atoms with E-state index in [4.69, 9.17) is 8.83 Å². The zero-order valence-corrected chi connectivity index (χ0v) is 19.4. The smallest absolute Gasteiger partial charge is 0.283 e. The van der Waals surface area contributed by atoms with Gasteiger partial charge in [0, 0.05) is 11.6 Å². The Bertz CT molecular complexity index is 1170. The van der Waals surface area contributed by atoms with Crippen LogP contribution in [0.4, 0.5) is 0 Å². The number of nitrogens with zero attached hydrogens (tertiary/aromatic N) is 5. The molecule has 5 rings (SSSR count). The fourth-order valence-electron chi connectivity index (χ4n) is 4.12. The third kappa shape index (κ3) is 4.24. The lowest BCUT2D eigenvalue weighted by Gasteiger charge is -2.20. The summed E-state index contributed by atoms with van der Waals surface area (Å²) in [5, 5.41) is 18.3. The van der Waals surface area contributed by atoms with Crippen molar-refractivity contribution >= 4 is 11.8 Å². The van der Waals surface area contributed by atoms with Gasteiger partial charge in [0.1, 0.15) is 0 Å². The van der Waals surface area contributed by atoms with E-state index in [1.165, 1.54) is 18.4 Å².